The van der Waals surface area contributed by atoms with E-state index in [4.69, 9.17) is 5.11 Å². The van der Waals surface area contributed by atoms with Crippen molar-refractivity contribution in [3.05, 3.63) is 22.8 Å². The van der Waals surface area contributed by atoms with Gasteiger partial charge >= 0.3 is 5.97 Å². The summed E-state index contributed by atoms with van der Waals surface area (Å²) in [6.45, 7) is 12.6. The van der Waals surface area contributed by atoms with Gasteiger partial charge in [0.25, 0.3) is 0 Å². The van der Waals surface area contributed by atoms with Crippen LogP contribution in [0.5, 0.6) is 0 Å². The molecule has 4 aliphatic rings. The fraction of sp³-hybridized carbons (Fsp3) is 0.733. The molecular formula is C30H42O8. The number of aliphatic hydroxyl groups excluding tert-OH is 3. The fourth-order valence-electron chi connectivity index (χ4n) is 8.68. The van der Waals surface area contributed by atoms with Gasteiger partial charge in [0.1, 0.15) is 11.9 Å². The lowest BCUT2D eigenvalue weighted by Gasteiger charge is -2.61. The summed E-state index contributed by atoms with van der Waals surface area (Å²) in [6.07, 6.45) is -0.426. The van der Waals surface area contributed by atoms with Crippen LogP contribution in [-0.4, -0.2) is 62.1 Å². The Labute approximate surface area is 224 Å². The molecule has 210 valence electrons. The van der Waals surface area contributed by atoms with E-state index in [0.717, 1.165) is 0 Å². The number of hydrogen-bond donors (Lipinski definition) is 4. The maximum atomic E-state index is 14.1. The second-order valence-electron chi connectivity index (χ2n) is 13.6. The summed E-state index contributed by atoms with van der Waals surface area (Å²) in [5, 5.41) is 41.8. The quantitative estimate of drug-likeness (QED) is 0.396. The van der Waals surface area contributed by atoms with Crippen molar-refractivity contribution < 1.29 is 39.6 Å². The normalized spacial score (nSPS) is 42.2. The number of Topliss-reactive ketones (excluding diaryl/α,β-unsaturated/α-hetero) is 2. The van der Waals surface area contributed by atoms with Crippen molar-refractivity contribution in [2.75, 3.05) is 0 Å². The van der Waals surface area contributed by atoms with Gasteiger partial charge in [0, 0.05) is 18.4 Å². The Morgan fingerprint density at radius 3 is 2.26 bits per heavy atom. The largest absolute Gasteiger partial charge is 0.481 e. The molecule has 9 atom stereocenters. The summed E-state index contributed by atoms with van der Waals surface area (Å²) in [6, 6.07) is 0. The summed E-state index contributed by atoms with van der Waals surface area (Å²) in [5.74, 6) is -4.14. The predicted octanol–water partition coefficient (Wildman–Crippen LogP) is 3.02. The number of carboxylic acids is 1. The van der Waals surface area contributed by atoms with Crippen molar-refractivity contribution in [2.24, 2.45) is 39.4 Å². The van der Waals surface area contributed by atoms with Gasteiger partial charge in [-0.1, -0.05) is 33.3 Å². The van der Waals surface area contributed by atoms with Gasteiger partial charge in [0.2, 0.25) is 0 Å². The molecule has 8 nitrogen and oxygen atoms in total. The third kappa shape index (κ3) is 3.66. The number of carbonyl (C=O) groups excluding carboxylic acids is 3. The van der Waals surface area contributed by atoms with Crippen molar-refractivity contribution in [3.8, 4) is 0 Å². The number of ketones is 3. The Morgan fingerprint density at radius 1 is 1.08 bits per heavy atom. The van der Waals surface area contributed by atoms with Gasteiger partial charge in [-0.05, 0) is 79.8 Å². The number of carbonyl (C=O) groups is 4. The lowest BCUT2D eigenvalue weighted by Crippen LogP contribution is -2.60. The summed E-state index contributed by atoms with van der Waals surface area (Å²) in [7, 11) is 0. The van der Waals surface area contributed by atoms with Crippen molar-refractivity contribution in [1.29, 1.82) is 0 Å². The fourth-order valence-corrected chi connectivity index (χ4v) is 8.68. The zero-order valence-corrected chi connectivity index (χ0v) is 23.5. The molecule has 0 aromatic carbocycles. The van der Waals surface area contributed by atoms with Gasteiger partial charge in [-0.3, -0.25) is 19.2 Å². The molecule has 4 N–H and O–H groups in total. The van der Waals surface area contributed by atoms with Crippen LogP contribution < -0.4 is 0 Å². The lowest BCUT2D eigenvalue weighted by molar-refractivity contribution is -0.148. The molecule has 4 aliphatic carbocycles. The standard InChI is InChI=1S/C30H42O8/c1-14(10-18(32)25(36)15(2)26(37)38)16-11-22(35)30(7)24-17(31)12-20-27(3,4)21(34)8-9-28(20,5)23(24)19(33)13-29(16,30)6/h10,15-17,20-21,25,31,34,36H,8-9,11-13H2,1-7H3,(H,37,38). The monoisotopic (exact) mass is 530 g/mol. The third-order valence-corrected chi connectivity index (χ3v) is 11.4. The highest BCUT2D eigenvalue weighted by Crippen LogP contribution is 2.70. The third-order valence-electron chi connectivity index (χ3n) is 11.4. The highest BCUT2D eigenvalue weighted by Gasteiger charge is 2.70. The second kappa shape index (κ2) is 8.93. The number of carboxylic acid groups (broad SMARTS) is 1. The minimum Gasteiger partial charge on any atom is -0.481 e. The van der Waals surface area contributed by atoms with E-state index in [1.54, 1.807) is 6.92 Å². The van der Waals surface area contributed by atoms with E-state index >= 15 is 0 Å². The van der Waals surface area contributed by atoms with Gasteiger partial charge in [0.05, 0.1) is 23.5 Å². The average Bonchev–Trinajstić information content (AvgIpc) is 3.03. The summed E-state index contributed by atoms with van der Waals surface area (Å²) >= 11 is 0. The molecular weight excluding hydrogens is 488 g/mol. The van der Waals surface area contributed by atoms with E-state index in [0.29, 0.717) is 36.0 Å². The zero-order chi connectivity index (χ0) is 28.7. The van der Waals surface area contributed by atoms with E-state index in [1.807, 2.05) is 34.6 Å². The maximum Gasteiger partial charge on any atom is 0.309 e. The topological polar surface area (TPSA) is 149 Å². The summed E-state index contributed by atoms with van der Waals surface area (Å²) < 4.78 is 0. The van der Waals surface area contributed by atoms with E-state index in [-0.39, 0.29) is 30.3 Å². The van der Waals surface area contributed by atoms with Crippen LogP contribution in [0.25, 0.3) is 0 Å². The number of hydrogen-bond acceptors (Lipinski definition) is 7. The highest BCUT2D eigenvalue weighted by molar-refractivity contribution is 6.05. The first-order valence-electron chi connectivity index (χ1n) is 13.7. The van der Waals surface area contributed by atoms with E-state index in [1.165, 1.54) is 13.0 Å². The first kappa shape index (κ1) is 28.8. The Bertz CT molecular complexity index is 1160. The predicted molar refractivity (Wildman–Crippen MR) is 139 cm³/mol. The van der Waals surface area contributed by atoms with Gasteiger partial charge < -0.3 is 20.4 Å². The van der Waals surface area contributed by atoms with Crippen LogP contribution in [0.2, 0.25) is 0 Å². The molecule has 0 saturated heterocycles. The van der Waals surface area contributed by atoms with Crippen molar-refractivity contribution >= 4 is 23.3 Å². The molecule has 0 bridgehead atoms. The van der Waals surface area contributed by atoms with E-state index < -0.39 is 63.6 Å². The molecule has 4 rings (SSSR count). The second-order valence-corrected chi connectivity index (χ2v) is 13.6. The van der Waals surface area contributed by atoms with Gasteiger partial charge in [-0.25, -0.2) is 0 Å². The van der Waals surface area contributed by atoms with Crippen LogP contribution in [0.4, 0.5) is 0 Å². The first-order valence-corrected chi connectivity index (χ1v) is 13.7. The Morgan fingerprint density at radius 2 is 1.68 bits per heavy atom. The Hall–Kier alpha value is -2.16. The van der Waals surface area contributed by atoms with E-state index in [2.05, 4.69) is 0 Å². The molecule has 38 heavy (non-hydrogen) atoms. The smallest absolute Gasteiger partial charge is 0.309 e. The number of aliphatic hydroxyl groups is 3. The van der Waals surface area contributed by atoms with Gasteiger partial charge in [-0.2, -0.15) is 0 Å². The van der Waals surface area contributed by atoms with Crippen LogP contribution >= 0.6 is 0 Å². The molecule has 0 aromatic heterocycles. The zero-order valence-electron chi connectivity index (χ0n) is 23.5. The molecule has 2 fully saturated rings. The molecule has 0 spiro atoms. The maximum absolute atomic E-state index is 14.1. The number of aliphatic carboxylic acids is 1. The van der Waals surface area contributed by atoms with Crippen molar-refractivity contribution in [3.63, 3.8) is 0 Å². The molecule has 8 heteroatoms. The van der Waals surface area contributed by atoms with Gasteiger partial charge in [-0.15, -0.1) is 0 Å². The molecule has 0 aromatic rings. The number of fused-ring (bicyclic) bond motifs is 4. The van der Waals surface area contributed by atoms with Gasteiger partial charge in [0.15, 0.2) is 11.6 Å². The summed E-state index contributed by atoms with van der Waals surface area (Å²) in [4.78, 5) is 51.9. The SMILES string of the molecule is CC(=CC(=O)C(O)C(C)C(=O)O)C1CC(=O)C2(C)C3=C(C(=O)CC12C)C1(C)CCC(O)C(C)(C)C1CC3O. The van der Waals surface area contributed by atoms with Crippen LogP contribution in [0.3, 0.4) is 0 Å². The van der Waals surface area contributed by atoms with E-state index in [9.17, 15) is 34.5 Å². The number of rotatable bonds is 5. The molecule has 0 heterocycles. The first-order chi connectivity index (χ1) is 17.4. The van der Waals surface area contributed by atoms with Crippen LogP contribution in [0.1, 0.15) is 80.6 Å². The van der Waals surface area contributed by atoms with Crippen LogP contribution in [-0.2, 0) is 19.2 Å². The minimum atomic E-state index is -1.72. The highest BCUT2D eigenvalue weighted by atomic mass is 16.4. The molecule has 0 amide bonds. The summed E-state index contributed by atoms with van der Waals surface area (Å²) in [5.41, 5.74) is -1.54. The Balaban J connectivity index is 1.81. The average molecular weight is 531 g/mol. The molecule has 9 unspecified atom stereocenters. The molecule has 0 radical (unpaired) electrons. The Kier molecular flexibility index (Phi) is 6.78. The molecule has 2 saturated carbocycles. The minimum absolute atomic E-state index is 0.0736. The number of allylic oxidation sites excluding steroid dienone is 2. The van der Waals surface area contributed by atoms with Crippen LogP contribution in [0, 0.1) is 39.4 Å². The molecule has 0 aliphatic heterocycles. The lowest BCUT2D eigenvalue weighted by atomic mass is 9.42. The van der Waals surface area contributed by atoms with Crippen molar-refractivity contribution in [1.82, 2.24) is 0 Å². The van der Waals surface area contributed by atoms with Crippen molar-refractivity contribution in [2.45, 2.75) is 98.9 Å². The van der Waals surface area contributed by atoms with Crippen LogP contribution in [0.15, 0.2) is 22.8 Å².